The van der Waals surface area contributed by atoms with Gasteiger partial charge >= 0.3 is 0 Å². The van der Waals surface area contributed by atoms with Gasteiger partial charge in [0.05, 0.1) is 10.7 Å². The first-order chi connectivity index (χ1) is 10.1. The standard InChI is InChI=1S/C16H17ClN2O2/c1-11-3-2-4-14(17)16(11)19-9-12-5-7-13(8-6-12)21-10-15(18)20/h2-8,19H,9-10H2,1H3,(H2,18,20). The first-order valence-electron chi connectivity index (χ1n) is 6.55. The van der Waals surface area contributed by atoms with E-state index in [0.29, 0.717) is 17.3 Å². The van der Waals surface area contributed by atoms with E-state index in [1.807, 2.05) is 37.3 Å². The summed E-state index contributed by atoms with van der Waals surface area (Å²) in [6.45, 7) is 2.55. The molecular formula is C16H17ClN2O2. The van der Waals surface area contributed by atoms with Gasteiger partial charge in [0.15, 0.2) is 6.61 Å². The number of halogens is 1. The molecule has 0 aliphatic carbocycles. The summed E-state index contributed by atoms with van der Waals surface area (Å²) < 4.78 is 5.21. The number of primary amides is 1. The van der Waals surface area contributed by atoms with Gasteiger partial charge in [0, 0.05) is 6.54 Å². The molecule has 2 aromatic carbocycles. The Morgan fingerprint density at radius 1 is 1.24 bits per heavy atom. The zero-order chi connectivity index (χ0) is 15.2. The molecule has 0 saturated heterocycles. The fourth-order valence-corrected chi connectivity index (χ4v) is 2.19. The van der Waals surface area contributed by atoms with E-state index < -0.39 is 5.91 Å². The van der Waals surface area contributed by atoms with Gasteiger partial charge in [-0.1, -0.05) is 35.9 Å². The highest BCUT2D eigenvalue weighted by Crippen LogP contribution is 2.25. The molecule has 3 N–H and O–H groups in total. The molecular weight excluding hydrogens is 288 g/mol. The van der Waals surface area contributed by atoms with E-state index >= 15 is 0 Å². The molecule has 1 amide bonds. The van der Waals surface area contributed by atoms with Crippen LogP contribution >= 0.6 is 11.6 Å². The van der Waals surface area contributed by atoms with E-state index in [9.17, 15) is 4.79 Å². The molecule has 0 atom stereocenters. The molecule has 2 rings (SSSR count). The summed E-state index contributed by atoms with van der Waals surface area (Å²) in [5.41, 5.74) is 8.15. The minimum absolute atomic E-state index is 0.115. The van der Waals surface area contributed by atoms with E-state index in [0.717, 1.165) is 16.8 Å². The Labute approximate surface area is 128 Å². The third-order valence-electron chi connectivity index (χ3n) is 3.00. The van der Waals surface area contributed by atoms with Gasteiger partial charge in [0.2, 0.25) is 0 Å². The number of ether oxygens (including phenoxy) is 1. The van der Waals surface area contributed by atoms with E-state index in [4.69, 9.17) is 22.1 Å². The number of hydrogen-bond donors (Lipinski definition) is 2. The molecule has 0 radical (unpaired) electrons. The topological polar surface area (TPSA) is 64.3 Å². The second-order valence-electron chi connectivity index (χ2n) is 4.68. The van der Waals surface area contributed by atoms with Crippen molar-refractivity contribution in [3.63, 3.8) is 0 Å². The highest BCUT2D eigenvalue weighted by molar-refractivity contribution is 6.33. The van der Waals surface area contributed by atoms with Gasteiger partial charge in [-0.3, -0.25) is 4.79 Å². The molecule has 0 heterocycles. The second kappa shape index (κ2) is 6.99. The van der Waals surface area contributed by atoms with Crippen LogP contribution in [0.4, 0.5) is 5.69 Å². The zero-order valence-electron chi connectivity index (χ0n) is 11.7. The van der Waals surface area contributed by atoms with Crippen molar-refractivity contribution in [3.05, 3.63) is 58.6 Å². The number of carbonyl (C=O) groups is 1. The largest absolute Gasteiger partial charge is 0.484 e. The maximum atomic E-state index is 10.6. The van der Waals surface area contributed by atoms with Crippen molar-refractivity contribution in [3.8, 4) is 5.75 Å². The Kier molecular flexibility index (Phi) is 5.06. The van der Waals surface area contributed by atoms with Gasteiger partial charge in [-0.15, -0.1) is 0 Å². The average molecular weight is 305 g/mol. The minimum Gasteiger partial charge on any atom is -0.484 e. The summed E-state index contributed by atoms with van der Waals surface area (Å²) in [5, 5.41) is 4.03. The van der Waals surface area contributed by atoms with Crippen molar-refractivity contribution in [2.75, 3.05) is 11.9 Å². The van der Waals surface area contributed by atoms with Crippen molar-refractivity contribution in [2.45, 2.75) is 13.5 Å². The third kappa shape index (κ3) is 4.39. The van der Waals surface area contributed by atoms with Crippen LogP contribution in [0.1, 0.15) is 11.1 Å². The number of para-hydroxylation sites is 1. The molecule has 5 heteroatoms. The molecule has 0 unspecified atom stereocenters. The first-order valence-corrected chi connectivity index (χ1v) is 6.93. The van der Waals surface area contributed by atoms with Gasteiger partial charge in [-0.05, 0) is 36.2 Å². The predicted octanol–water partition coefficient (Wildman–Crippen LogP) is 3.12. The van der Waals surface area contributed by atoms with Crippen LogP contribution in [0.25, 0.3) is 0 Å². The molecule has 0 aliphatic heterocycles. The van der Waals surface area contributed by atoms with Gasteiger partial charge in [-0.25, -0.2) is 0 Å². The average Bonchev–Trinajstić information content (AvgIpc) is 2.46. The quantitative estimate of drug-likeness (QED) is 0.862. The minimum atomic E-state index is -0.491. The van der Waals surface area contributed by atoms with Crippen molar-refractivity contribution in [2.24, 2.45) is 5.73 Å². The SMILES string of the molecule is Cc1cccc(Cl)c1NCc1ccc(OCC(N)=O)cc1. The van der Waals surface area contributed by atoms with E-state index in [1.54, 1.807) is 12.1 Å². The van der Waals surface area contributed by atoms with Crippen molar-refractivity contribution < 1.29 is 9.53 Å². The van der Waals surface area contributed by atoms with Crippen LogP contribution in [-0.4, -0.2) is 12.5 Å². The lowest BCUT2D eigenvalue weighted by molar-refractivity contribution is -0.119. The summed E-state index contributed by atoms with van der Waals surface area (Å²) >= 11 is 6.17. The summed E-state index contributed by atoms with van der Waals surface area (Å²) in [7, 11) is 0. The van der Waals surface area contributed by atoms with Crippen LogP contribution in [0.5, 0.6) is 5.75 Å². The lowest BCUT2D eigenvalue weighted by atomic mass is 10.1. The summed E-state index contributed by atoms with van der Waals surface area (Å²) in [6.07, 6.45) is 0. The maximum Gasteiger partial charge on any atom is 0.255 e. The normalized spacial score (nSPS) is 10.2. The lowest BCUT2D eigenvalue weighted by Crippen LogP contribution is -2.19. The smallest absolute Gasteiger partial charge is 0.255 e. The molecule has 0 aliphatic rings. The highest BCUT2D eigenvalue weighted by Gasteiger charge is 2.03. The zero-order valence-corrected chi connectivity index (χ0v) is 12.5. The number of aryl methyl sites for hydroxylation is 1. The summed E-state index contributed by atoms with van der Waals surface area (Å²) in [4.78, 5) is 10.6. The van der Waals surface area contributed by atoms with E-state index in [-0.39, 0.29) is 6.61 Å². The van der Waals surface area contributed by atoms with Crippen LogP contribution in [0, 0.1) is 6.92 Å². The molecule has 4 nitrogen and oxygen atoms in total. The second-order valence-corrected chi connectivity index (χ2v) is 5.09. The number of amides is 1. The Bertz CT molecular complexity index is 606. The molecule has 0 bridgehead atoms. The molecule has 0 saturated carbocycles. The fraction of sp³-hybridized carbons (Fsp3) is 0.188. The van der Waals surface area contributed by atoms with Crippen molar-refractivity contribution >= 4 is 23.2 Å². The van der Waals surface area contributed by atoms with Gasteiger partial charge < -0.3 is 15.8 Å². The number of rotatable bonds is 6. The predicted molar refractivity (Wildman–Crippen MR) is 84.6 cm³/mol. The molecule has 0 spiro atoms. The van der Waals surface area contributed by atoms with Gasteiger partial charge in [0.25, 0.3) is 5.91 Å². The van der Waals surface area contributed by atoms with Gasteiger partial charge in [-0.2, -0.15) is 0 Å². The number of anilines is 1. The van der Waals surface area contributed by atoms with Crippen LogP contribution < -0.4 is 15.8 Å². The number of carbonyl (C=O) groups excluding carboxylic acids is 1. The molecule has 110 valence electrons. The molecule has 0 fully saturated rings. The maximum absolute atomic E-state index is 10.6. The van der Waals surface area contributed by atoms with Crippen LogP contribution in [-0.2, 0) is 11.3 Å². The van der Waals surface area contributed by atoms with E-state index in [1.165, 1.54) is 0 Å². The third-order valence-corrected chi connectivity index (χ3v) is 3.31. The summed E-state index contributed by atoms with van der Waals surface area (Å²) in [6, 6.07) is 13.3. The summed E-state index contributed by atoms with van der Waals surface area (Å²) in [5.74, 6) is 0.126. The lowest BCUT2D eigenvalue weighted by Gasteiger charge is -2.12. The van der Waals surface area contributed by atoms with Crippen LogP contribution in [0.15, 0.2) is 42.5 Å². The Balaban J connectivity index is 1.96. The highest BCUT2D eigenvalue weighted by atomic mass is 35.5. The first kappa shape index (κ1) is 15.2. The number of nitrogens with two attached hydrogens (primary N) is 1. The molecule has 21 heavy (non-hydrogen) atoms. The van der Waals surface area contributed by atoms with Crippen LogP contribution in [0.2, 0.25) is 5.02 Å². The number of hydrogen-bond acceptors (Lipinski definition) is 3. The molecule has 2 aromatic rings. The van der Waals surface area contributed by atoms with Crippen LogP contribution in [0.3, 0.4) is 0 Å². The van der Waals surface area contributed by atoms with Crippen molar-refractivity contribution in [1.82, 2.24) is 0 Å². The monoisotopic (exact) mass is 304 g/mol. The van der Waals surface area contributed by atoms with E-state index in [2.05, 4.69) is 5.32 Å². The Hall–Kier alpha value is -2.20. The van der Waals surface area contributed by atoms with Gasteiger partial charge in [0.1, 0.15) is 5.75 Å². The number of benzene rings is 2. The Morgan fingerprint density at radius 2 is 1.95 bits per heavy atom. The van der Waals surface area contributed by atoms with Crippen molar-refractivity contribution in [1.29, 1.82) is 0 Å². The Morgan fingerprint density at radius 3 is 2.57 bits per heavy atom. The number of nitrogens with one attached hydrogen (secondary N) is 1. The fourth-order valence-electron chi connectivity index (χ4n) is 1.90. The molecule has 0 aromatic heterocycles.